The van der Waals surface area contributed by atoms with Gasteiger partial charge >= 0.3 is 5.97 Å². The van der Waals surface area contributed by atoms with E-state index in [2.05, 4.69) is 5.32 Å². The van der Waals surface area contributed by atoms with Gasteiger partial charge in [-0.1, -0.05) is 20.3 Å². The summed E-state index contributed by atoms with van der Waals surface area (Å²) in [5.41, 5.74) is 1.81. The molecule has 0 bridgehead atoms. The highest BCUT2D eigenvalue weighted by Gasteiger charge is 2.28. The first-order valence-corrected chi connectivity index (χ1v) is 8.05. The fraction of sp³-hybridized carbons (Fsp3) is 0.600. The Morgan fingerprint density at radius 3 is 2.75 bits per heavy atom. The molecule has 1 aliphatic rings. The van der Waals surface area contributed by atoms with Crippen LogP contribution in [0.5, 0.6) is 0 Å². The van der Waals surface area contributed by atoms with Crippen LogP contribution in [-0.2, 0) is 17.6 Å². The van der Waals surface area contributed by atoms with Crippen LogP contribution in [0.4, 0.5) is 0 Å². The Balaban J connectivity index is 2.15. The summed E-state index contributed by atoms with van der Waals surface area (Å²) in [5, 5.41) is 13.8. The van der Waals surface area contributed by atoms with Crippen LogP contribution in [0, 0.1) is 5.92 Å². The summed E-state index contributed by atoms with van der Waals surface area (Å²) in [6.07, 6.45) is 4.99. The molecule has 2 atom stereocenters. The number of aryl methyl sites for hydroxylation is 1. The molecule has 1 amide bonds. The number of hydrogen-bond donors (Lipinski definition) is 2. The summed E-state index contributed by atoms with van der Waals surface area (Å²) in [6.45, 7) is 3.78. The van der Waals surface area contributed by atoms with Gasteiger partial charge in [-0.2, -0.15) is 0 Å². The van der Waals surface area contributed by atoms with Crippen molar-refractivity contribution in [3.05, 3.63) is 21.4 Å². The van der Waals surface area contributed by atoms with Gasteiger partial charge in [0.1, 0.15) is 6.04 Å². The van der Waals surface area contributed by atoms with Crippen molar-refractivity contribution in [3.8, 4) is 0 Å². The maximum absolute atomic E-state index is 12.3. The van der Waals surface area contributed by atoms with Crippen LogP contribution in [0.2, 0.25) is 0 Å². The van der Waals surface area contributed by atoms with Crippen LogP contribution in [0.1, 0.15) is 53.9 Å². The molecule has 0 aliphatic heterocycles. The topological polar surface area (TPSA) is 66.4 Å². The van der Waals surface area contributed by atoms with Crippen LogP contribution < -0.4 is 5.32 Å². The van der Waals surface area contributed by atoms with E-state index in [-0.39, 0.29) is 11.8 Å². The second-order valence-corrected chi connectivity index (χ2v) is 6.40. The molecule has 2 rings (SSSR count). The van der Waals surface area contributed by atoms with Crippen molar-refractivity contribution in [1.29, 1.82) is 0 Å². The molecule has 1 aliphatic carbocycles. The molecule has 1 aromatic heterocycles. The van der Waals surface area contributed by atoms with Crippen molar-refractivity contribution in [2.24, 2.45) is 5.92 Å². The average Bonchev–Trinajstić information content (AvgIpc) is 2.87. The molecule has 1 unspecified atom stereocenters. The van der Waals surface area contributed by atoms with E-state index in [1.807, 2.05) is 19.2 Å². The zero-order valence-corrected chi connectivity index (χ0v) is 12.8. The molecule has 0 spiro atoms. The van der Waals surface area contributed by atoms with E-state index in [9.17, 15) is 14.7 Å². The fourth-order valence-corrected chi connectivity index (χ4v) is 3.71. The van der Waals surface area contributed by atoms with Crippen LogP contribution in [0.25, 0.3) is 0 Å². The Kier molecular flexibility index (Phi) is 4.81. The highest BCUT2D eigenvalue weighted by Crippen LogP contribution is 2.30. The van der Waals surface area contributed by atoms with Gasteiger partial charge in [0.15, 0.2) is 0 Å². The quantitative estimate of drug-likeness (QED) is 0.878. The van der Waals surface area contributed by atoms with Gasteiger partial charge in [0.2, 0.25) is 0 Å². The zero-order valence-electron chi connectivity index (χ0n) is 11.9. The molecular weight excluding hydrogens is 274 g/mol. The summed E-state index contributed by atoms with van der Waals surface area (Å²) in [7, 11) is 0. The number of rotatable bonds is 5. The summed E-state index contributed by atoms with van der Waals surface area (Å²) >= 11 is 1.62. The number of carbonyl (C=O) groups is 2. The molecule has 0 aromatic carbocycles. The van der Waals surface area contributed by atoms with Crippen LogP contribution in [0.3, 0.4) is 0 Å². The summed E-state index contributed by atoms with van der Waals surface area (Å²) in [6, 6.07) is -0.813. The minimum absolute atomic E-state index is 0.0779. The van der Waals surface area contributed by atoms with Gasteiger partial charge in [0.25, 0.3) is 5.91 Å². The minimum Gasteiger partial charge on any atom is -0.480 e. The maximum atomic E-state index is 12.3. The smallest absolute Gasteiger partial charge is 0.326 e. The summed E-state index contributed by atoms with van der Waals surface area (Å²) in [4.78, 5) is 24.9. The average molecular weight is 295 g/mol. The first-order chi connectivity index (χ1) is 9.54. The van der Waals surface area contributed by atoms with Crippen molar-refractivity contribution in [1.82, 2.24) is 5.32 Å². The van der Waals surface area contributed by atoms with Crippen molar-refractivity contribution in [2.45, 2.75) is 52.0 Å². The first-order valence-electron chi connectivity index (χ1n) is 7.17. The number of carboxylic acid groups (broad SMARTS) is 1. The second-order valence-electron chi connectivity index (χ2n) is 5.43. The number of nitrogens with one attached hydrogen (secondary N) is 1. The van der Waals surface area contributed by atoms with Crippen molar-refractivity contribution < 1.29 is 14.7 Å². The van der Waals surface area contributed by atoms with Crippen molar-refractivity contribution >= 4 is 23.2 Å². The van der Waals surface area contributed by atoms with Gasteiger partial charge < -0.3 is 10.4 Å². The van der Waals surface area contributed by atoms with Crippen LogP contribution in [0.15, 0.2) is 5.38 Å². The Hall–Kier alpha value is -1.36. The van der Waals surface area contributed by atoms with E-state index in [4.69, 9.17) is 0 Å². The summed E-state index contributed by atoms with van der Waals surface area (Å²) in [5.74, 6) is -1.28. The van der Waals surface area contributed by atoms with Crippen molar-refractivity contribution in [3.63, 3.8) is 0 Å². The monoisotopic (exact) mass is 295 g/mol. The third-order valence-corrected chi connectivity index (χ3v) is 5.16. The van der Waals surface area contributed by atoms with Crippen LogP contribution in [-0.4, -0.2) is 23.0 Å². The molecule has 5 heteroatoms. The Morgan fingerprint density at radius 2 is 2.10 bits per heavy atom. The Labute approximate surface area is 123 Å². The highest BCUT2D eigenvalue weighted by atomic mass is 32.1. The molecule has 1 heterocycles. The standard InChI is InChI=1S/C15H21NO3S/c1-3-9(2)13(15(18)19)16-14(17)11-8-20-12-7-5-4-6-10(11)12/h8-9,13H,3-7H2,1-2H3,(H,16,17)(H,18,19)/t9?,13-/m0/s1. The molecule has 0 saturated heterocycles. The third kappa shape index (κ3) is 3.03. The lowest BCUT2D eigenvalue weighted by Crippen LogP contribution is -2.45. The normalized spacial score (nSPS) is 17.1. The largest absolute Gasteiger partial charge is 0.480 e. The van der Waals surface area contributed by atoms with E-state index < -0.39 is 12.0 Å². The number of carbonyl (C=O) groups excluding carboxylic acids is 1. The predicted octanol–water partition coefficient (Wildman–Crippen LogP) is 2.86. The zero-order chi connectivity index (χ0) is 14.7. The van der Waals surface area contributed by atoms with Gasteiger partial charge in [0, 0.05) is 10.3 Å². The Bertz CT molecular complexity index is 509. The van der Waals surface area contributed by atoms with E-state index >= 15 is 0 Å². The van der Waals surface area contributed by atoms with E-state index in [1.54, 1.807) is 11.3 Å². The van der Waals surface area contributed by atoms with E-state index in [0.717, 1.165) is 31.2 Å². The first kappa shape index (κ1) is 15.0. The van der Waals surface area contributed by atoms with Gasteiger partial charge in [-0.3, -0.25) is 4.79 Å². The fourth-order valence-electron chi connectivity index (χ4n) is 2.59. The number of fused-ring (bicyclic) bond motifs is 1. The third-order valence-electron chi connectivity index (χ3n) is 4.07. The number of hydrogen-bond acceptors (Lipinski definition) is 3. The molecule has 4 nitrogen and oxygen atoms in total. The molecule has 110 valence electrons. The van der Waals surface area contributed by atoms with E-state index in [0.29, 0.717) is 5.56 Å². The van der Waals surface area contributed by atoms with Crippen molar-refractivity contribution in [2.75, 3.05) is 0 Å². The van der Waals surface area contributed by atoms with Gasteiger partial charge in [-0.05, 0) is 37.2 Å². The second kappa shape index (κ2) is 6.39. The molecule has 1 aromatic rings. The van der Waals surface area contributed by atoms with Gasteiger partial charge in [0.05, 0.1) is 5.56 Å². The molecule has 0 fully saturated rings. The maximum Gasteiger partial charge on any atom is 0.326 e. The molecule has 0 radical (unpaired) electrons. The minimum atomic E-state index is -0.961. The molecular formula is C15H21NO3S. The predicted molar refractivity (Wildman–Crippen MR) is 79.3 cm³/mol. The lowest BCUT2D eigenvalue weighted by atomic mass is 9.94. The lowest BCUT2D eigenvalue weighted by Gasteiger charge is -2.20. The highest BCUT2D eigenvalue weighted by molar-refractivity contribution is 7.10. The molecule has 0 saturated carbocycles. The van der Waals surface area contributed by atoms with Gasteiger partial charge in [-0.15, -0.1) is 11.3 Å². The molecule has 20 heavy (non-hydrogen) atoms. The lowest BCUT2D eigenvalue weighted by molar-refractivity contribution is -0.140. The Morgan fingerprint density at radius 1 is 1.40 bits per heavy atom. The number of thiophene rings is 1. The number of carboxylic acids is 1. The number of amides is 1. The number of aliphatic carboxylic acids is 1. The molecule has 2 N–H and O–H groups in total. The van der Waals surface area contributed by atoms with E-state index in [1.165, 1.54) is 11.3 Å². The SMILES string of the molecule is CCC(C)[C@H](NC(=O)c1csc2c1CCCC2)C(=O)O. The van der Waals surface area contributed by atoms with Gasteiger partial charge in [-0.25, -0.2) is 4.79 Å². The summed E-state index contributed by atoms with van der Waals surface area (Å²) < 4.78 is 0. The van der Waals surface area contributed by atoms with Crippen LogP contribution >= 0.6 is 11.3 Å².